The Morgan fingerprint density at radius 1 is 1.58 bits per heavy atom. The van der Waals surface area contributed by atoms with Crippen LogP contribution < -0.4 is 0 Å². The fourth-order valence-corrected chi connectivity index (χ4v) is 1.68. The number of carbonyl (C=O) groups is 1. The van der Waals surface area contributed by atoms with Crippen LogP contribution in [0.1, 0.15) is 32.6 Å². The van der Waals surface area contributed by atoms with Gasteiger partial charge in [0.15, 0.2) is 5.78 Å². The van der Waals surface area contributed by atoms with E-state index in [-0.39, 0.29) is 5.78 Å². The number of carbonyl (C=O) groups excluding carboxylic acids is 1. The van der Waals surface area contributed by atoms with Gasteiger partial charge in [-0.15, -0.1) is 0 Å². The molecule has 0 bridgehead atoms. The van der Waals surface area contributed by atoms with Crippen LogP contribution >= 0.6 is 0 Å². The summed E-state index contributed by atoms with van der Waals surface area (Å²) in [5.74, 6) is 0.428. The van der Waals surface area contributed by atoms with Crippen LogP contribution in [0.2, 0.25) is 0 Å². The van der Waals surface area contributed by atoms with Gasteiger partial charge in [0.25, 0.3) is 0 Å². The number of ketones is 1. The standard InChI is InChI=1S/C10H16O2/c1-3-9(11)10(12)6-4-8(2)5-7-10/h3,8,12H,1,4-7H2,2H3. The minimum absolute atomic E-state index is 0.214. The summed E-state index contributed by atoms with van der Waals surface area (Å²) in [5.41, 5.74) is -1.09. The topological polar surface area (TPSA) is 37.3 Å². The lowest BCUT2D eigenvalue weighted by Crippen LogP contribution is -2.40. The van der Waals surface area contributed by atoms with E-state index >= 15 is 0 Å². The van der Waals surface area contributed by atoms with Crippen molar-refractivity contribution in [2.75, 3.05) is 0 Å². The Morgan fingerprint density at radius 3 is 2.50 bits per heavy atom. The highest BCUT2D eigenvalue weighted by Gasteiger charge is 2.36. The zero-order valence-corrected chi connectivity index (χ0v) is 7.55. The average molecular weight is 168 g/mol. The molecule has 1 fully saturated rings. The fraction of sp³-hybridized carbons (Fsp3) is 0.700. The molecule has 0 amide bonds. The number of aliphatic hydroxyl groups is 1. The fourth-order valence-electron chi connectivity index (χ4n) is 1.68. The van der Waals surface area contributed by atoms with Gasteiger partial charge in [0, 0.05) is 0 Å². The maximum atomic E-state index is 11.2. The van der Waals surface area contributed by atoms with Crippen molar-refractivity contribution < 1.29 is 9.90 Å². The second-order valence-corrected chi connectivity index (χ2v) is 3.78. The van der Waals surface area contributed by atoms with E-state index in [1.807, 2.05) is 0 Å². The first-order valence-electron chi connectivity index (χ1n) is 4.48. The van der Waals surface area contributed by atoms with Crippen LogP contribution in [0.25, 0.3) is 0 Å². The van der Waals surface area contributed by atoms with Gasteiger partial charge in [-0.1, -0.05) is 13.5 Å². The highest BCUT2D eigenvalue weighted by molar-refractivity contribution is 5.96. The maximum absolute atomic E-state index is 11.2. The molecule has 1 rings (SSSR count). The number of hydrogen-bond acceptors (Lipinski definition) is 2. The van der Waals surface area contributed by atoms with E-state index < -0.39 is 5.60 Å². The van der Waals surface area contributed by atoms with Crippen molar-refractivity contribution in [1.82, 2.24) is 0 Å². The predicted molar refractivity (Wildman–Crippen MR) is 47.8 cm³/mol. The van der Waals surface area contributed by atoms with E-state index in [0.717, 1.165) is 12.8 Å². The molecule has 1 N–H and O–H groups in total. The van der Waals surface area contributed by atoms with E-state index in [0.29, 0.717) is 18.8 Å². The first kappa shape index (κ1) is 9.46. The zero-order chi connectivity index (χ0) is 9.19. The smallest absolute Gasteiger partial charge is 0.186 e. The second kappa shape index (κ2) is 3.40. The van der Waals surface area contributed by atoms with Crippen LogP contribution in [0.5, 0.6) is 0 Å². The van der Waals surface area contributed by atoms with Crippen LogP contribution in [0.15, 0.2) is 12.7 Å². The molecule has 0 aromatic rings. The van der Waals surface area contributed by atoms with E-state index in [2.05, 4.69) is 13.5 Å². The highest BCUT2D eigenvalue weighted by Crippen LogP contribution is 2.32. The zero-order valence-electron chi connectivity index (χ0n) is 7.55. The molecular weight excluding hydrogens is 152 g/mol. The average Bonchev–Trinajstić information content (AvgIpc) is 2.09. The monoisotopic (exact) mass is 168 g/mol. The Labute approximate surface area is 73.3 Å². The molecule has 1 saturated carbocycles. The third kappa shape index (κ3) is 1.75. The van der Waals surface area contributed by atoms with Gasteiger partial charge in [0.2, 0.25) is 0 Å². The molecule has 2 nitrogen and oxygen atoms in total. The Kier molecular flexibility index (Phi) is 2.68. The summed E-state index contributed by atoms with van der Waals surface area (Å²) in [6.45, 7) is 5.54. The molecule has 12 heavy (non-hydrogen) atoms. The maximum Gasteiger partial charge on any atom is 0.186 e. The molecule has 0 aromatic heterocycles. The van der Waals surface area contributed by atoms with Crippen molar-refractivity contribution in [3.8, 4) is 0 Å². The van der Waals surface area contributed by atoms with Crippen LogP contribution in [0.4, 0.5) is 0 Å². The summed E-state index contributed by atoms with van der Waals surface area (Å²) in [5, 5.41) is 9.84. The minimum Gasteiger partial charge on any atom is -0.382 e. The summed E-state index contributed by atoms with van der Waals surface area (Å²) < 4.78 is 0. The Morgan fingerprint density at radius 2 is 2.08 bits per heavy atom. The second-order valence-electron chi connectivity index (χ2n) is 3.78. The van der Waals surface area contributed by atoms with E-state index in [4.69, 9.17) is 0 Å². The quantitative estimate of drug-likeness (QED) is 0.637. The molecule has 1 aliphatic rings. The third-order valence-corrected chi connectivity index (χ3v) is 2.75. The molecule has 0 atom stereocenters. The molecule has 68 valence electrons. The largest absolute Gasteiger partial charge is 0.382 e. The van der Waals surface area contributed by atoms with Gasteiger partial charge in [-0.3, -0.25) is 4.79 Å². The summed E-state index contributed by atoms with van der Waals surface area (Å²) >= 11 is 0. The van der Waals surface area contributed by atoms with Crippen LogP contribution in [0.3, 0.4) is 0 Å². The molecule has 0 aliphatic heterocycles. The molecule has 0 radical (unpaired) electrons. The van der Waals surface area contributed by atoms with Crippen LogP contribution in [-0.4, -0.2) is 16.5 Å². The SMILES string of the molecule is C=CC(=O)C1(O)CCC(C)CC1. The molecule has 1 aliphatic carbocycles. The number of hydrogen-bond donors (Lipinski definition) is 1. The van der Waals surface area contributed by atoms with Crippen molar-refractivity contribution in [2.45, 2.75) is 38.2 Å². The number of rotatable bonds is 2. The lowest BCUT2D eigenvalue weighted by molar-refractivity contribution is -0.136. The van der Waals surface area contributed by atoms with E-state index in [9.17, 15) is 9.90 Å². The first-order chi connectivity index (χ1) is 5.58. The minimum atomic E-state index is -1.09. The summed E-state index contributed by atoms with van der Waals surface area (Å²) in [6.07, 6.45) is 4.31. The molecule has 2 heteroatoms. The normalized spacial score (nSPS) is 36.0. The predicted octanol–water partition coefficient (Wildman–Crippen LogP) is 1.68. The van der Waals surface area contributed by atoms with Crippen molar-refractivity contribution in [3.05, 3.63) is 12.7 Å². The van der Waals surface area contributed by atoms with Crippen molar-refractivity contribution in [3.63, 3.8) is 0 Å². The van der Waals surface area contributed by atoms with Gasteiger partial charge in [-0.25, -0.2) is 0 Å². The lowest BCUT2D eigenvalue weighted by Gasteiger charge is -2.32. The third-order valence-electron chi connectivity index (χ3n) is 2.75. The summed E-state index contributed by atoms with van der Waals surface area (Å²) in [6, 6.07) is 0. The van der Waals surface area contributed by atoms with Crippen molar-refractivity contribution in [2.24, 2.45) is 5.92 Å². The van der Waals surface area contributed by atoms with E-state index in [1.54, 1.807) is 0 Å². The van der Waals surface area contributed by atoms with Crippen molar-refractivity contribution >= 4 is 5.78 Å². The van der Waals surface area contributed by atoms with Gasteiger partial charge in [-0.2, -0.15) is 0 Å². The summed E-state index contributed by atoms with van der Waals surface area (Å²) in [4.78, 5) is 11.2. The van der Waals surface area contributed by atoms with Crippen LogP contribution in [0, 0.1) is 5.92 Å². The van der Waals surface area contributed by atoms with Gasteiger partial charge in [-0.05, 0) is 37.7 Å². The molecule has 0 heterocycles. The molecule has 0 aromatic carbocycles. The molecule has 0 unspecified atom stereocenters. The highest BCUT2D eigenvalue weighted by atomic mass is 16.3. The van der Waals surface area contributed by atoms with Crippen molar-refractivity contribution in [1.29, 1.82) is 0 Å². The van der Waals surface area contributed by atoms with E-state index in [1.165, 1.54) is 6.08 Å². The lowest BCUT2D eigenvalue weighted by atomic mass is 9.77. The van der Waals surface area contributed by atoms with Gasteiger partial charge in [0.1, 0.15) is 5.60 Å². The first-order valence-corrected chi connectivity index (χ1v) is 4.48. The Bertz CT molecular complexity index is 188. The summed E-state index contributed by atoms with van der Waals surface area (Å²) in [7, 11) is 0. The van der Waals surface area contributed by atoms with Gasteiger partial charge < -0.3 is 5.11 Å². The van der Waals surface area contributed by atoms with Gasteiger partial charge >= 0.3 is 0 Å². The molecule has 0 spiro atoms. The Balaban J connectivity index is 2.61. The molecular formula is C10H16O2. The van der Waals surface area contributed by atoms with Crippen LogP contribution in [-0.2, 0) is 4.79 Å². The Hall–Kier alpha value is -0.630. The van der Waals surface area contributed by atoms with Gasteiger partial charge in [0.05, 0.1) is 0 Å². The molecule has 0 saturated heterocycles.